The fourth-order valence-corrected chi connectivity index (χ4v) is 2.07. The molecule has 1 aromatic carbocycles. The monoisotopic (exact) mass is 277 g/mol. The van der Waals surface area contributed by atoms with E-state index in [0.717, 1.165) is 26.2 Å². The topological polar surface area (TPSA) is 35.6 Å². The van der Waals surface area contributed by atoms with Crippen molar-refractivity contribution in [2.24, 2.45) is 0 Å². The quantitative estimate of drug-likeness (QED) is 0.739. The standard InChI is InChI=1S/C16H27N3O/c1-5-19(6-2)16(20)11-12-17-13-14-7-9-15(10-8-14)18(3)4/h7-10,17H,5-6,11-13H2,1-4H3. The smallest absolute Gasteiger partial charge is 0.223 e. The second kappa shape index (κ2) is 8.59. The molecule has 0 saturated carbocycles. The second-order valence-electron chi connectivity index (χ2n) is 5.05. The fourth-order valence-electron chi connectivity index (χ4n) is 2.07. The van der Waals surface area contributed by atoms with Gasteiger partial charge in [-0.25, -0.2) is 0 Å². The van der Waals surface area contributed by atoms with Gasteiger partial charge in [0.25, 0.3) is 0 Å². The third kappa shape index (κ3) is 5.21. The van der Waals surface area contributed by atoms with Crippen LogP contribution in [0.5, 0.6) is 0 Å². The lowest BCUT2D eigenvalue weighted by Crippen LogP contribution is -2.32. The highest BCUT2D eigenvalue weighted by Gasteiger charge is 2.08. The first-order valence-corrected chi connectivity index (χ1v) is 7.33. The van der Waals surface area contributed by atoms with Crippen LogP contribution in [-0.2, 0) is 11.3 Å². The van der Waals surface area contributed by atoms with E-state index in [1.807, 2.05) is 32.8 Å². The molecule has 20 heavy (non-hydrogen) atoms. The summed E-state index contributed by atoms with van der Waals surface area (Å²) in [6.07, 6.45) is 0.567. The van der Waals surface area contributed by atoms with Crippen molar-refractivity contribution in [1.29, 1.82) is 0 Å². The van der Waals surface area contributed by atoms with E-state index in [2.05, 4.69) is 34.5 Å². The summed E-state index contributed by atoms with van der Waals surface area (Å²) in [6, 6.07) is 8.46. The third-order valence-electron chi connectivity index (χ3n) is 3.41. The summed E-state index contributed by atoms with van der Waals surface area (Å²) in [4.78, 5) is 15.8. The van der Waals surface area contributed by atoms with Crippen LogP contribution in [0.15, 0.2) is 24.3 Å². The molecule has 0 atom stereocenters. The van der Waals surface area contributed by atoms with Crippen molar-refractivity contribution in [3.63, 3.8) is 0 Å². The zero-order valence-corrected chi connectivity index (χ0v) is 13.1. The van der Waals surface area contributed by atoms with Gasteiger partial charge in [0, 0.05) is 52.4 Å². The molecule has 1 rings (SSSR count). The molecule has 4 nitrogen and oxygen atoms in total. The molecule has 0 heterocycles. The maximum absolute atomic E-state index is 11.8. The minimum atomic E-state index is 0.227. The summed E-state index contributed by atoms with van der Waals surface area (Å²) in [7, 11) is 4.07. The molecular weight excluding hydrogens is 250 g/mol. The summed E-state index contributed by atoms with van der Waals surface area (Å²) < 4.78 is 0. The molecule has 0 aromatic heterocycles. The van der Waals surface area contributed by atoms with Crippen molar-refractivity contribution in [2.45, 2.75) is 26.8 Å². The molecule has 0 aliphatic carbocycles. The minimum Gasteiger partial charge on any atom is -0.378 e. The SMILES string of the molecule is CCN(CC)C(=O)CCNCc1ccc(N(C)C)cc1. The highest BCUT2D eigenvalue weighted by molar-refractivity contribution is 5.76. The first-order chi connectivity index (χ1) is 9.58. The lowest BCUT2D eigenvalue weighted by atomic mass is 10.2. The van der Waals surface area contributed by atoms with E-state index in [9.17, 15) is 4.79 Å². The average molecular weight is 277 g/mol. The number of nitrogens with zero attached hydrogens (tertiary/aromatic N) is 2. The van der Waals surface area contributed by atoms with E-state index in [4.69, 9.17) is 0 Å². The van der Waals surface area contributed by atoms with Crippen LogP contribution in [0.25, 0.3) is 0 Å². The summed E-state index contributed by atoms with van der Waals surface area (Å²) in [5.74, 6) is 0.227. The summed E-state index contributed by atoms with van der Waals surface area (Å²) in [5.41, 5.74) is 2.44. The maximum atomic E-state index is 11.8. The first kappa shape index (κ1) is 16.5. The van der Waals surface area contributed by atoms with Crippen LogP contribution in [0.2, 0.25) is 0 Å². The van der Waals surface area contributed by atoms with Crippen LogP contribution in [0, 0.1) is 0 Å². The van der Waals surface area contributed by atoms with Gasteiger partial charge in [-0.05, 0) is 31.5 Å². The molecule has 1 aromatic rings. The highest BCUT2D eigenvalue weighted by Crippen LogP contribution is 2.11. The number of rotatable bonds is 8. The van der Waals surface area contributed by atoms with Gasteiger partial charge >= 0.3 is 0 Å². The van der Waals surface area contributed by atoms with Gasteiger partial charge in [-0.1, -0.05) is 12.1 Å². The Bertz CT molecular complexity index is 397. The van der Waals surface area contributed by atoms with Crippen molar-refractivity contribution >= 4 is 11.6 Å². The minimum absolute atomic E-state index is 0.227. The molecule has 4 heteroatoms. The van der Waals surface area contributed by atoms with Gasteiger partial charge < -0.3 is 15.1 Å². The van der Waals surface area contributed by atoms with Crippen molar-refractivity contribution < 1.29 is 4.79 Å². The van der Waals surface area contributed by atoms with Crippen LogP contribution in [0.1, 0.15) is 25.8 Å². The number of benzene rings is 1. The zero-order chi connectivity index (χ0) is 15.0. The van der Waals surface area contributed by atoms with Crippen LogP contribution in [-0.4, -0.2) is 44.5 Å². The number of nitrogens with one attached hydrogen (secondary N) is 1. The van der Waals surface area contributed by atoms with Gasteiger partial charge in [0.05, 0.1) is 0 Å². The van der Waals surface area contributed by atoms with E-state index in [-0.39, 0.29) is 5.91 Å². The van der Waals surface area contributed by atoms with Crippen molar-refractivity contribution in [1.82, 2.24) is 10.2 Å². The van der Waals surface area contributed by atoms with E-state index in [0.29, 0.717) is 6.42 Å². The number of hydrogen-bond acceptors (Lipinski definition) is 3. The number of hydrogen-bond donors (Lipinski definition) is 1. The van der Waals surface area contributed by atoms with Crippen molar-refractivity contribution in [3.8, 4) is 0 Å². The molecular formula is C16H27N3O. The van der Waals surface area contributed by atoms with Gasteiger partial charge in [0.15, 0.2) is 0 Å². The Labute approximate surface area is 122 Å². The second-order valence-corrected chi connectivity index (χ2v) is 5.05. The summed E-state index contributed by atoms with van der Waals surface area (Å²) in [5, 5.41) is 3.32. The molecule has 0 bridgehead atoms. The Hall–Kier alpha value is -1.55. The van der Waals surface area contributed by atoms with Crippen LogP contribution in [0.3, 0.4) is 0 Å². The van der Waals surface area contributed by atoms with Gasteiger partial charge in [-0.15, -0.1) is 0 Å². The van der Waals surface area contributed by atoms with Gasteiger partial charge in [0.1, 0.15) is 0 Å². The first-order valence-electron chi connectivity index (χ1n) is 7.33. The number of anilines is 1. The van der Waals surface area contributed by atoms with Crippen molar-refractivity contribution in [3.05, 3.63) is 29.8 Å². The molecule has 0 spiro atoms. The lowest BCUT2D eigenvalue weighted by Gasteiger charge is -2.18. The predicted molar refractivity (Wildman–Crippen MR) is 85.0 cm³/mol. The van der Waals surface area contributed by atoms with Crippen LogP contribution < -0.4 is 10.2 Å². The van der Waals surface area contributed by atoms with E-state index in [1.54, 1.807) is 0 Å². The number of amides is 1. The number of carbonyl (C=O) groups excluding carboxylic acids is 1. The number of carbonyl (C=O) groups is 1. The Balaban J connectivity index is 2.29. The molecule has 0 radical (unpaired) electrons. The van der Waals surface area contributed by atoms with E-state index < -0.39 is 0 Å². The predicted octanol–water partition coefficient (Wildman–Crippen LogP) is 2.10. The Morgan fingerprint density at radius 1 is 1.10 bits per heavy atom. The van der Waals surface area contributed by atoms with Crippen molar-refractivity contribution in [2.75, 3.05) is 38.6 Å². The molecule has 0 unspecified atom stereocenters. The molecule has 0 aliphatic rings. The summed E-state index contributed by atoms with van der Waals surface area (Å²) >= 11 is 0. The molecule has 1 N–H and O–H groups in total. The van der Waals surface area contributed by atoms with E-state index in [1.165, 1.54) is 11.3 Å². The fraction of sp³-hybridized carbons (Fsp3) is 0.562. The Morgan fingerprint density at radius 3 is 2.20 bits per heavy atom. The third-order valence-corrected chi connectivity index (χ3v) is 3.41. The van der Waals surface area contributed by atoms with E-state index >= 15 is 0 Å². The normalized spacial score (nSPS) is 10.4. The average Bonchev–Trinajstić information content (AvgIpc) is 2.45. The van der Waals surface area contributed by atoms with Crippen LogP contribution >= 0.6 is 0 Å². The Morgan fingerprint density at radius 2 is 1.70 bits per heavy atom. The van der Waals surface area contributed by atoms with Gasteiger partial charge in [0.2, 0.25) is 5.91 Å². The van der Waals surface area contributed by atoms with Crippen LogP contribution in [0.4, 0.5) is 5.69 Å². The Kier molecular flexibility index (Phi) is 7.09. The molecule has 0 aliphatic heterocycles. The molecule has 0 fully saturated rings. The maximum Gasteiger partial charge on any atom is 0.223 e. The van der Waals surface area contributed by atoms with Gasteiger partial charge in [-0.2, -0.15) is 0 Å². The molecule has 112 valence electrons. The molecule has 1 amide bonds. The molecule has 0 saturated heterocycles. The lowest BCUT2D eigenvalue weighted by molar-refractivity contribution is -0.130. The highest BCUT2D eigenvalue weighted by atomic mass is 16.2. The zero-order valence-electron chi connectivity index (χ0n) is 13.1. The van der Waals surface area contributed by atoms with Gasteiger partial charge in [-0.3, -0.25) is 4.79 Å². The summed E-state index contributed by atoms with van der Waals surface area (Å²) in [6.45, 7) is 7.15. The largest absolute Gasteiger partial charge is 0.378 e.